The van der Waals surface area contributed by atoms with Gasteiger partial charge < -0.3 is 15.0 Å². The number of rotatable bonds is 5. The van der Waals surface area contributed by atoms with E-state index in [9.17, 15) is 18.0 Å². The lowest BCUT2D eigenvalue weighted by Crippen LogP contribution is -2.47. The molecule has 0 aromatic heterocycles. The van der Waals surface area contributed by atoms with E-state index >= 15 is 0 Å². The molecule has 2 aliphatic rings. The molecular formula is C21H30F3N3O2. The van der Waals surface area contributed by atoms with Crippen LogP contribution in [0, 0.1) is 5.92 Å². The normalized spacial score (nSPS) is 23.7. The minimum atomic E-state index is -4.30. The average molecular weight is 413 g/mol. The van der Waals surface area contributed by atoms with E-state index in [0.29, 0.717) is 11.6 Å². The van der Waals surface area contributed by atoms with Crippen LogP contribution in [-0.4, -0.2) is 56.9 Å². The number of nitrogens with zero attached hydrogens (tertiary/aromatic N) is 2. The van der Waals surface area contributed by atoms with Gasteiger partial charge in [-0.25, -0.2) is 4.79 Å². The second-order valence-electron chi connectivity index (χ2n) is 8.02. The number of ether oxygens (including phenoxy) is 1. The van der Waals surface area contributed by atoms with Gasteiger partial charge in [0, 0.05) is 37.9 Å². The van der Waals surface area contributed by atoms with Crippen LogP contribution in [0.1, 0.15) is 37.7 Å². The molecule has 0 unspecified atom stereocenters. The summed E-state index contributed by atoms with van der Waals surface area (Å²) in [4.78, 5) is 15.7. The highest BCUT2D eigenvalue weighted by Crippen LogP contribution is 2.32. The molecular weight excluding hydrogens is 383 g/mol. The molecule has 1 saturated heterocycles. The van der Waals surface area contributed by atoms with Crippen molar-refractivity contribution in [1.82, 2.24) is 10.2 Å². The first-order valence-electron chi connectivity index (χ1n) is 10.3. The van der Waals surface area contributed by atoms with Gasteiger partial charge in [0.05, 0.1) is 12.7 Å². The van der Waals surface area contributed by atoms with E-state index in [-0.39, 0.29) is 12.1 Å². The van der Waals surface area contributed by atoms with Gasteiger partial charge >= 0.3 is 12.3 Å². The number of anilines is 1. The maximum atomic E-state index is 12.9. The average Bonchev–Trinajstić information content (AvgIpc) is 2.73. The van der Waals surface area contributed by atoms with Gasteiger partial charge in [0.1, 0.15) is 0 Å². The molecule has 0 bridgehead atoms. The number of amides is 1. The van der Waals surface area contributed by atoms with E-state index in [0.717, 1.165) is 70.9 Å². The number of halogens is 3. The molecule has 0 spiro atoms. The highest BCUT2D eigenvalue weighted by Gasteiger charge is 2.31. The quantitative estimate of drug-likeness (QED) is 0.788. The fraction of sp³-hybridized carbons (Fsp3) is 0.667. The van der Waals surface area contributed by atoms with Gasteiger partial charge in [0.2, 0.25) is 0 Å². The van der Waals surface area contributed by atoms with Gasteiger partial charge in [-0.3, -0.25) is 4.90 Å². The Balaban J connectivity index is 1.38. The predicted octanol–water partition coefficient (Wildman–Crippen LogP) is 4.13. The first-order chi connectivity index (χ1) is 13.8. The third-order valence-electron chi connectivity index (χ3n) is 6.12. The predicted molar refractivity (Wildman–Crippen MR) is 106 cm³/mol. The van der Waals surface area contributed by atoms with Gasteiger partial charge in [-0.15, -0.1) is 0 Å². The summed E-state index contributed by atoms with van der Waals surface area (Å²) in [5, 5.41) is 2.88. The van der Waals surface area contributed by atoms with Crippen molar-refractivity contribution in [3.05, 3.63) is 29.8 Å². The third kappa shape index (κ3) is 6.26. The van der Waals surface area contributed by atoms with Crippen LogP contribution in [0.3, 0.4) is 0 Å². The van der Waals surface area contributed by atoms with Crippen LogP contribution in [-0.2, 0) is 10.9 Å². The second kappa shape index (κ2) is 9.69. The van der Waals surface area contributed by atoms with Crippen LogP contribution >= 0.6 is 0 Å². The molecule has 1 aromatic rings. The first-order valence-corrected chi connectivity index (χ1v) is 10.3. The van der Waals surface area contributed by atoms with Crippen molar-refractivity contribution >= 4 is 11.8 Å². The number of alkyl halides is 3. The van der Waals surface area contributed by atoms with Crippen LogP contribution < -0.4 is 10.2 Å². The SMILES string of the molecule is COC(=O)N[C@H]1CC[C@H](CCN2CCN(c3cccc(C(F)(F)F)c3)CC2)CC1. The lowest BCUT2D eigenvalue weighted by atomic mass is 9.84. The molecule has 1 aliphatic carbocycles. The Bertz CT molecular complexity index is 667. The minimum Gasteiger partial charge on any atom is -0.453 e. The molecule has 1 N–H and O–H groups in total. The summed E-state index contributed by atoms with van der Waals surface area (Å²) in [6.07, 6.45) is 0.675. The Morgan fingerprint density at radius 2 is 1.83 bits per heavy atom. The molecule has 1 aliphatic heterocycles. The summed E-state index contributed by atoms with van der Waals surface area (Å²) in [7, 11) is 1.38. The molecule has 8 heteroatoms. The maximum absolute atomic E-state index is 12.9. The molecule has 1 amide bonds. The number of carbonyl (C=O) groups is 1. The molecule has 1 saturated carbocycles. The molecule has 162 valence electrons. The zero-order valence-electron chi connectivity index (χ0n) is 16.9. The third-order valence-corrected chi connectivity index (χ3v) is 6.12. The van der Waals surface area contributed by atoms with Crippen molar-refractivity contribution < 1.29 is 22.7 Å². The molecule has 29 heavy (non-hydrogen) atoms. The molecule has 0 atom stereocenters. The lowest BCUT2D eigenvalue weighted by molar-refractivity contribution is -0.137. The van der Waals surface area contributed by atoms with Crippen molar-refractivity contribution in [2.75, 3.05) is 44.7 Å². The number of hydrogen-bond acceptors (Lipinski definition) is 4. The fourth-order valence-electron chi connectivity index (χ4n) is 4.29. The Morgan fingerprint density at radius 3 is 2.45 bits per heavy atom. The topological polar surface area (TPSA) is 44.8 Å². The van der Waals surface area contributed by atoms with Crippen LogP contribution in [0.25, 0.3) is 0 Å². The van der Waals surface area contributed by atoms with Gasteiger partial charge in [-0.2, -0.15) is 13.2 Å². The molecule has 5 nitrogen and oxygen atoms in total. The van der Waals surface area contributed by atoms with Crippen molar-refractivity contribution in [3.63, 3.8) is 0 Å². The monoisotopic (exact) mass is 413 g/mol. The van der Waals surface area contributed by atoms with Crippen molar-refractivity contribution in [3.8, 4) is 0 Å². The Kier molecular flexibility index (Phi) is 7.27. The van der Waals surface area contributed by atoms with Crippen LogP contribution in [0.15, 0.2) is 24.3 Å². The summed E-state index contributed by atoms with van der Waals surface area (Å²) in [5.74, 6) is 0.673. The highest BCUT2D eigenvalue weighted by molar-refractivity contribution is 5.67. The Morgan fingerprint density at radius 1 is 1.14 bits per heavy atom. The van der Waals surface area contributed by atoms with E-state index in [1.807, 2.05) is 4.90 Å². The van der Waals surface area contributed by atoms with Gasteiger partial charge in [-0.1, -0.05) is 6.07 Å². The Labute approximate surface area is 170 Å². The summed E-state index contributed by atoms with van der Waals surface area (Å²) in [5.41, 5.74) is 0.0608. The van der Waals surface area contributed by atoms with Gasteiger partial charge in [0.25, 0.3) is 0 Å². The number of nitrogens with one attached hydrogen (secondary N) is 1. The number of alkyl carbamates (subject to hydrolysis) is 1. The molecule has 0 radical (unpaired) electrons. The number of hydrogen-bond donors (Lipinski definition) is 1. The second-order valence-corrected chi connectivity index (χ2v) is 8.02. The van der Waals surface area contributed by atoms with Crippen LogP contribution in [0.4, 0.5) is 23.7 Å². The highest BCUT2D eigenvalue weighted by atomic mass is 19.4. The first kappa shape index (κ1) is 21.7. The smallest absolute Gasteiger partial charge is 0.416 e. The summed E-state index contributed by atoms with van der Waals surface area (Å²) in [6.45, 7) is 4.26. The minimum absolute atomic E-state index is 0.217. The standard InChI is InChI=1S/C21H30F3N3O2/c1-29-20(28)25-18-7-5-16(6-8-18)9-10-26-11-13-27(14-12-26)19-4-2-3-17(15-19)21(22,23)24/h2-4,15-16,18H,5-14H2,1H3,(H,25,28)/t16-,18-. The zero-order chi connectivity index (χ0) is 20.9. The van der Waals surface area contributed by atoms with Crippen molar-refractivity contribution in [2.45, 2.75) is 44.3 Å². The molecule has 1 aromatic carbocycles. The summed E-state index contributed by atoms with van der Waals surface area (Å²) < 4.78 is 43.4. The van der Waals surface area contributed by atoms with Crippen molar-refractivity contribution in [2.24, 2.45) is 5.92 Å². The maximum Gasteiger partial charge on any atom is 0.416 e. The lowest BCUT2D eigenvalue weighted by Gasteiger charge is -2.37. The van der Waals surface area contributed by atoms with E-state index in [2.05, 4.69) is 15.0 Å². The van der Waals surface area contributed by atoms with Crippen LogP contribution in [0.5, 0.6) is 0 Å². The van der Waals surface area contributed by atoms with E-state index in [4.69, 9.17) is 0 Å². The number of piperazine rings is 1. The number of carbonyl (C=O) groups excluding carboxylic acids is 1. The fourth-order valence-corrected chi connectivity index (χ4v) is 4.29. The molecule has 1 heterocycles. The molecule has 3 rings (SSSR count). The number of methoxy groups -OCH3 is 1. The zero-order valence-corrected chi connectivity index (χ0v) is 16.9. The van der Waals surface area contributed by atoms with Crippen LogP contribution in [0.2, 0.25) is 0 Å². The van der Waals surface area contributed by atoms with Gasteiger partial charge in [0.15, 0.2) is 0 Å². The number of benzene rings is 1. The molecule has 2 fully saturated rings. The summed E-state index contributed by atoms with van der Waals surface area (Å²) in [6, 6.07) is 5.82. The van der Waals surface area contributed by atoms with E-state index in [1.165, 1.54) is 19.2 Å². The largest absolute Gasteiger partial charge is 0.453 e. The Hall–Kier alpha value is -1.96. The van der Waals surface area contributed by atoms with Crippen molar-refractivity contribution in [1.29, 1.82) is 0 Å². The van der Waals surface area contributed by atoms with Gasteiger partial charge in [-0.05, 0) is 62.8 Å². The van der Waals surface area contributed by atoms with E-state index < -0.39 is 11.7 Å². The summed E-state index contributed by atoms with van der Waals surface area (Å²) >= 11 is 0. The van der Waals surface area contributed by atoms with E-state index in [1.54, 1.807) is 6.07 Å².